The minimum atomic E-state index is -0.0869. The van der Waals surface area contributed by atoms with Crippen molar-refractivity contribution in [3.8, 4) is 6.07 Å². The normalized spacial score (nSPS) is 12.2. The first-order valence-electron chi connectivity index (χ1n) is 5.94. The van der Waals surface area contributed by atoms with Gasteiger partial charge in [-0.25, -0.2) is 0 Å². The second-order valence-corrected chi connectivity index (χ2v) is 4.14. The Morgan fingerprint density at radius 1 is 1.25 bits per heavy atom. The third kappa shape index (κ3) is 3.00. The smallest absolute Gasteiger partial charge is 0.117 e. The lowest BCUT2D eigenvalue weighted by Gasteiger charge is -2.22. The molecule has 2 nitrogen and oxygen atoms in total. The van der Waals surface area contributed by atoms with Crippen LogP contribution in [0.15, 0.2) is 24.3 Å². The van der Waals surface area contributed by atoms with E-state index in [4.69, 9.17) is 0 Å². The van der Waals surface area contributed by atoms with Crippen LogP contribution in [-0.2, 0) is 0 Å². The van der Waals surface area contributed by atoms with Gasteiger partial charge in [0.25, 0.3) is 0 Å². The minimum Gasteiger partial charge on any atom is -0.369 e. The summed E-state index contributed by atoms with van der Waals surface area (Å²) < 4.78 is 0. The summed E-state index contributed by atoms with van der Waals surface area (Å²) >= 11 is 0. The Kier molecular flexibility index (Phi) is 4.85. The molecule has 0 heterocycles. The third-order valence-corrected chi connectivity index (χ3v) is 3.12. The zero-order chi connectivity index (χ0) is 12.0. The molecule has 0 amide bonds. The van der Waals surface area contributed by atoms with E-state index < -0.39 is 0 Å². The van der Waals surface area contributed by atoms with Crippen LogP contribution in [0.4, 0.5) is 5.69 Å². The number of anilines is 1. The van der Waals surface area contributed by atoms with Crippen molar-refractivity contribution in [3.05, 3.63) is 29.8 Å². The first kappa shape index (κ1) is 12.6. The van der Waals surface area contributed by atoms with Crippen molar-refractivity contribution in [3.63, 3.8) is 0 Å². The molecule has 0 spiro atoms. The lowest BCUT2D eigenvalue weighted by molar-refractivity contribution is 0.469. The van der Waals surface area contributed by atoms with Crippen LogP contribution in [-0.4, -0.2) is 6.04 Å². The molecule has 0 aliphatic heterocycles. The van der Waals surface area contributed by atoms with Crippen LogP contribution in [0.25, 0.3) is 0 Å². The van der Waals surface area contributed by atoms with Gasteiger partial charge in [0.05, 0.1) is 6.07 Å². The topological polar surface area (TPSA) is 35.8 Å². The predicted molar refractivity (Wildman–Crippen MR) is 68.3 cm³/mol. The Morgan fingerprint density at radius 2 is 1.88 bits per heavy atom. The van der Waals surface area contributed by atoms with Crippen LogP contribution in [0.3, 0.4) is 0 Å². The van der Waals surface area contributed by atoms with E-state index in [1.165, 1.54) is 5.56 Å². The van der Waals surface area contributed by atoms with Gasteiger partial charge in [-0.3, -0.25) is 0 Å². The molecule has 1 aromatic rings. The van der Waals surface area contributed by atoms with Crippen LogP contribution in [0.1, 0.15) is 32.3 Å². The molecule has 0 aliphatic rings. The number of nitriles is 1. The highest BCUT2D eigenvalue weighted by Crippen LogP contribution is 2.20. The summed E-state index contributed by atoms with van der Waals surface area (Å²) in [5, 5.41) is 12.5. The van der Waals surface area contributed by atoms with Crippen LogP contribution >= 0.6 is 0 Å². The zero-order valence-electron chi connectivity index (χ0n) is 10.3. The summed E-state index contributed by atoms with van der Waals surface area (Å²) in [6, 6.07) is 10.4. The van der Waals surface area contributed by atoms with E-state index >= 15 is 0 Å². The summed E-state index contributed by atoms with van der Waals surface area (Å²) in [6.07, 6.45) is 2.07. The summed E-state index contributed by atoms with van der Waals surface area (Å²) in [5.41, 5.74) is 2.26. The van der Waals surface area contributed by atoms with Crippen LogP contribution < -0.4 is 5.32 Å². The van der Waals surface area contributed by atoms with Crippen LogP contribution in [0, 0.1) is 24.2 Å². The molecule has 1 rings (SSSR count). The number of aryl methyl sites for hydroxylation is 1. The molecule has 16 heavy (non-hydrogen) atoms. The van der Waals surface area contributed by atoms with Gasteiger partial charge in [0.15, 0.2) is 0 Å². The summed E-state index contributed by atoms with van der Waals surface area (Å²) in [6.45, 7) is 6.33. The molecule has 2 heteroatoms. The predicted octanol–water partition coefficient (Wildman–Crippen LogP) is 3.74. The van der Waals surface area contributed by atoms with Crippen LogP contribution in [0.5, 0.6) is 0 Å². The lowest BCUT2D eigenvalue weighted by atomic mass is 9.94. The number of rotatable bonds is 5. The van der Waals surface area contributed by atoms with Gasteiger partial charge in [-0.2, -0.15) is 5.26 Å². The van der Waals surface area contributed by atoms with Crippen molar-refractivity contribution in [1.29, 1.82) is 5.26 Å². The Labute approximate surface area is 98.3 Å². The quantitative estimate of drug-likeness (QED) is 0.814. The fourth-order valence-corrected chi connectivity index (χ4v) is 1.92. The van der Waals surface area contributed by atoms with E-state index in [1.54, 1.807) is 0 Å². The number of nitrogens with zero attached hydrogens (tertiary/aromatic N) is 1. The first-order chi connectivity index (χ1) is 7.72. The molecule has 0 saturated heterocycles. The summed E-state index contributed by atoms with van der Waals surface area (Å²) in [5.74, 6) is 0.421. The standard InChI is InChI=1S/C14H20N2/c1-4-12(5-2)14(10-15)16-13-9-7-6-8-11(13)3/h6-9,12,14,16H,4-5H2,1-3H3. The van der Waals surface area contributed by atoms with Gasteiger partial charge in [0, 0.05) is 5.69 Å². The van der Waals surface area contributed by atoms with Gasteiger partial charge < -0.3 is 5.32 Å². The third-order valence-electron chi connectivity index (χ3n) is 3.12. The van der Waals surface area contributed by atoms with Crippen molar-refractivity contribution in [2.75, 3.05) is 5.32 Å². The number of nitrogens with one attached hydrogen (secondary N) is 1. The van der Waals surface area contributed by atoms with E-state index in [2.05, 4.69) is 38.2 Å². The maximum absolute atomic E-state index is 9.20. The van der Waals surface area contributed by atoms with Crippen molar-refractivity contribution in [2.24, 2.45) is 5.92 Å². The number of hydrogen-bond donors (Lipinski definition) is 1. The molecular weight excluding hydrogens is 196 g/mol. The van der Waals surface area contributed by atoms with Gasteiger partial charge in [-0.1, -0.05) is 44.9 Å². The van der Waals surface area contributed by atoms with Crippen molar-refractivity contribution >= 4 is 5.69 Å². The van der Waals surface area contributed by atoms with E-state index in [9.17, 15) is 5.26 Å². The highest BCUT2D eigenvalue weighted by atomic mass is 14.9. The molecule has 0 aliphatic carbocycles. The van der Waals surface area contributed by atoms with Gasteiger partial charge >= 0.3 is 0 Å². The van der Waals surface area contributed by atoms with E-state index in [1.807, 2.05) is 18.2 Å². The second kappa shape index (κ2) is 6.17. The fraction of sp³-hybridized carbons (Fsp3) is 0.500. The second-order valence-electron chi connectivity index (χ2n) is 4.14. The first-order valence-corrected chi connectivity index (χ1v) is 5.94. The Hall–Kier alpha value is -1.49. The molecule has 0 saturated carbocycles. The van der Waals surface area contributed by atoms with Gasteiger partial charge in [0.1, 0.15) is 6.04 Å². The molecule has 1 N–H and O–H groups in total. The van der Waals surface area contributed by atoms with Crippen molar-refractivity contribution in [2.45, 2.75) is 39.7 Å². The Balaban J connectivity index is 2.79. The Bertz CT molecular complexity index is 361. The highest BCUT2D eigenvalue weighted by Gasteiger charge is 2.17. The average molecular weight is 216 g/mol. The molecule has 1 unspecified atom stereocenters. The SMILES string of the molecule is CCC(CC)C(C#N)Nc1ccccc1C. The number of hydrogen-bond acceptors (Lipinski definition) is 2. The summed E-state index contributed by atoms with van der Waals surface area (Å²) in [4.78, 5) is 0. The van der Waals surface area contributed by atoms with E-state index in [0.29, 0.717) is 5.92 Å². The maximum atomic E-state index is 9.20. The van der Waals surface area contributed by atoms with Gasteiger partial charge in [-0.05, 0) is 24.5 Å². The molecule has 0 aromatic heterocycles. The molecule has 1 atom stereocenters. The fourth-order valence-electron chi connectivity index (χ4n) is 1.92. The Morgan fingerprint density at radius 3 is 2.38 bits per heavy atom. The largest absolute Gasteiger partial charge is 0.369 e. The maximum Gasteiger partial charge on any atom is 0.117 e. The molecular formula is C14H20N2. The van der Waals surface area contributed by atoms with Gasteiger partial charge in [-0.15, -0.1) is 0 Å². The average Bonchev–Trinajstić information content (AvgIpc) is 2.31. The highest BCUT2D eigenvalue weighted by molar-refractivity contribution is 5.51. The monoisotopic (exact) mass is 216 g/mol. The van der Waals surface area contributed by atoms with Crippen LogP contribution in [0.2, 0.25) is 0 Å². The van der Waals surface area contributed by atoms with Crippen molar-refractivity contribution < 1.29 is 0 Å². The van der Waals surface area contributed by atoms with E-state index in [-0.39, 0.29) is 6.04 Å². The number of para-hydroxylation sites is 1. The lowest BCUT2D eigenvalue weighted by Crippen LogP contribution is -2.27. The number of benzene rings is 1. The molecule has 86 valence electrons. The molecule has 0 radical (unpaired) electrons. The van der Waals surface area contributed by atoms with Gasteiger partial charge in [0.2, 0.25) is 0 Å². The zero-order valence-corrected chi connectivity index (χ0v) is 10.3. The summed E-state index contributed by atoms with van der Waals surface area (Å²) in [7, 11) is 0. The molecule has 0 fully saturated rings. The molecule has 1 aromatic carbocycles. The van der Waals surface area contributed by atoms with E-state index in [0.717, 1.165) is 18.5 Å². The van der Waals surface area contributed by atoms with Crippen molar-refractivity contribution in [1.82, 2.24) is 0 Å². The minimum absolute atomic E-state index is 0.0869. The molecule has 0 bridgehead atoms.